The molecule has 0 bridgehead atoms. The number of carbonyl (C=O) groups is 1. The van der Waals surface area contributed by atoms with Gasteiger partial charge < -0.3 is 9.47 Å². The van der Waals surface area contributed by atoms with Crippen LogP contribution in [0.2, 0.25) is 0 Å². The van der Waals surface area contributed by atoms with Gasteiger partial charge in [0, 0.05) is 13.1 Å². The second-order valence-electron chi connectivity index (χ2n) is 8.61. The summed E-state index contributed by atoms with van der Waals surface area (Å²) in [7, 11) is -2.53. The van der Waals surface area contributed by atoms with E-state index in [2.05, 4.69) is 10.3 Å². The van der Waals surface area contributed by atoms with E-state index in [9.17, 15) is 18.0 Å². The monoisotopic (exact) mass is 486 g/mol. The van der Waals surface area contributed by atoms with Gasteiger partial charge in [-0.15, -0.1) is 5.10 Å². The third kappa shape index (κ3) is 4.66. The van der Waals surface area contributed by atoms with Gasteiger partial charge in [-0.3, -0.25) is 4.79 Å². The zero-order valence-corrected chi connectivity index (χ0v) is 20.0. The van der Waals surface area contributed by atoms with E-state index < -0.39 is 28.3 Å². The van der Waals surface area contributed by atoms with Gasteiger partial charge in [0.1, 0.15) is 16.2 Å². The maximum Gasteiger partial charge on any atom is 0.339 e. The summed E-state index contributed by atoms with van der Waals surface area (Å²) in [4.78, 5) is 25.2. The number of aromatic nitrogens is 3. The third-order valence-electron chi connectivity index (χ3n) is 5.80. The van der Waals surface area contributed by atoms with Gasteiger partial charge in [-0.25, -0.2) is 13.2 Å². The molecule has 11 heteroatoms. The van der Waals surface area contributed by atoms with Crippen LogP contribution >= 0.6 is 0 Å². The molecule has 0 spiro atoms. The van der Waals surface area contributed by atoms with Crippen molar-refractivity contribution in [3.05, 3.63) is 58.4 Å². The molecule has 4 rings (SSSR count). The number of nitrogens with zero attached hydrogens (tertiary/aromatic N) is 4. The van der Waals surface area contributed by atoms with Gasteiger partial charge in [0.15, 0.2) is 6.73 Å². The average Bonchev–Trinajstić information content (AvgIpc) is 2.82. The number of hydrogen-bond acceptors (Lipinski definition) is 8. The lowest BCUT2D eigenvalue weighted by molar-refractivity contribution is 0.0335. The maximum absolute atomic E-state index is 13.4. The van der Waals surface area contributed by atoms with Crippen LogP contribution in [0.1, 0.15) is 30.6 Å². The zero-order chi connectivity index (χ0) is 24.5. The molecule has 2 atom stereocenters. The highest BCUT2D eigenvalue weighted by molar-refractivity contribution is 7.89. The molecular weight excluding hydrogens is 460 g/mol. The van der Waals surface area contributed by atoms with Gasteiger partial charge >= 0.3 is 5.97 Å². The Bertz CT molecular complexity index is 1380. The fraction of sp³-hybridized carbons (Fsp3) is 0.391. The van der Waals surface area contributed by atoms with Gasteiger partial charge in [0.25, 0.3) is 5.56 Å². The van der Waals surface area contributed by atoms with Crippen molar-refractivity contribution < 1.29 is 22.7 Å². The topological polar surface area (TPSA) is 121 Å². The molecule has 0 radical (unpaired) electrons. The smallest absolute Gasteiger partial charge is 0.339 e. The number of fused-ring (bicyclic) bond motifs is 1. The van der Waals surface area contributed by atoms with E-state index in [1.165, 1.54) is 29.6 Å². The summed E-state index contributed by atoms with van der Waals surface area (Å²) in [5, 5.41) is 8.08. The Balaban J connectivity index is 1.58. The van der Waals surface area contributed by atoms with Crippen LogP contribution in [0.4, 0.5) is 0 Å². The highest BCUT2D eigenvalue weighted by atomic mass is 32.2. The first-order valence-corrected chi connectivity index (χ1v) is 12.3. The molecule has 2 heterocycles. The highest BCUT2D eigenvalue weighted by Gasteiger charge is 2.34. The van der Waals surface area contributed by atoms with Crippen molar-refractivity contribution in [2.45, 2.75) is 31.9 Å². The van der Waals surface area contributed by atoms with Gasteiger partial charge in [0.2, 0.25) is 10.0 Å². The number of rotatable bonds is 6. The zero-order valence-electron chi connectivity index (χ0n) is 19.2. The molecule has 0 aliphatic carbocycles. The third-order valence-corrected chi connectivity index (χ3v) is 7.65. The van der Waals surface area contributed by atoms with Crippen molar-refractivity contribution in [2.75, 3.05) is 20.2 Å². The summed E-state index contributed by atoms with van der Waals surface area (Å²) in [5.74, 6) is -0.224. The van der Waals surface area contributed by atoms with Crippen molar-refractivity contribution in [2.24, 2.45) is 11.8 Å². The summed E-state index contributed by atoms with van der Waals surface area (Å²) in [5.41, 5.74) is -0.00885. The number of sulfonamides is 1. The van der Waals surface area contributed by atoms with Crippen LogP contribution in [-0.2, 0) is 21.5 Å². The Labute approximate surface area is 197 Å². The largest absolute Gasteiger partial charge is 0.495 e. The van der Waals surface area contributed by atoms with Gasteiger partial charge in [-0.1, -0.05) is 31.2 Å². The molecule has 10 nitrogen and oxygen atoms in total. The number of carbonyl (C=O) groups excluding carboxylic acids is 1. The molecule has 0 saturated carbocycles. The van der Waals surface area contributed by atoms with E-state index in [4.69, 9.17) is 9.47 Å². The van der Waals surface area contributed by atoms with Crippen molar-refractivity contribution in [1.82, 2.24) is 19.3 Å². The minimum absolute atomic E-state index is 0.0132. The normalized spacial score (nSPS) is 19.1. The summed E-state index contributed by atoms with van der Waals surface area (Å²) >= 11 is 0. The molecule has 2 aromatic carbocycles. The van der Waals surface area contributed by atoms with Gasteiger partial charge in [-0.05, 0) is 48.6 Å². The van der Waals surface area contributed by atoms with E-state index in [1.807, 2.05) is 13.8 Å². The summed E-state index contributed by atoms with van der Waals surface area (Å²) in [6, 6.07) is 10.8. The molecule has 0 N–H and O–H groups in total. The first kappa shape index (κ1) is 23.8. The number of benzene rings is 2. The SMILES string of the molecule is COc1ccc(C(=O)OCn2nnc3ccccc3c2=O)cc1S(=O)(=O)N1CC(C)CC(C)C1. The maximum atomic E-state index is 13.4. The minimum Gasteiger partial charge on any atom is -0.495 e. The molecule has 1 saturated heterocycles. The Morgan fingerprint density at radius 1 is 1.12 bits per heavy atom. The van der Waals surface area contributed by atoms with Crippen LogP contribution < -0.4 is 10.3 Å². The van der Waals surface area contributed by atoms with Crippen molar-refractivity contribution >= 4 is 26.9 Å². The number of hydrogen-bond donors (Lipinski definition) is 0. The molecule has 3 aromatic rings. The number of piperidine rings is 1. The molecule has 1 aromatic heterocycles. The second kappa shape index (κ2) is 9.51. The Kier molecular flexibility index (Phi) is 6.67. The number of methoxy groups -OCH3 is 1. The summed E-state index contributed by atoms with van der Waals surface area (Å²) < 4.78 is 39.7. The number of ether oxygens (including phenoxy) is 2. The molecular formula is C23H26N4O6S. The lowest BCUT2D eigenvalue weighted by Gasteiger charge is -2.34. The van der Waals surface area contributed by atoms with Crippen LogP contribution in [-0.4, -0.2) is 53.9 Å². The van der Waals surface area contributed by atoms with Crippen molar-refractivity contribution in [3.8, 4) is 5.75 Å². The molecule has 0 amide bonds. The first-order chi connectivity index (χ1) is 16.2. The standard InChI is InChI=1S/C23H26N4O6S/c1-15-10-16(2)13-26(12-15)34(30,31)21-11-17(8-9-20(21)32-3)23(29)33-14-27-22(28)18-6-4-5-7-19(18)24-25-27/h4-9,11,15-16H,10,12-14H2,1-3H3. The van der Waals surface area contributed by atoms with Crippen molar-refractivity contribution in [3.63, 3.8) is 0 Å². The molecule has 1 aliphatic rings. The van der Waals surface area contributed by atoms with Crippen LogP contribution in [0.25, 0.3) is 10.9 Å². The van der Waals surface area contributed by atoms with Crippen LogP contribution in [0.15, 0.2) is 52.2 Å². The summed E-state index contributed by atoms with van der Waals surface area (Å²) in [6.45, 7) is 4.36. The quantitative estimate of drug-likeness (QED) is 0.487. The molecule has 2 unspecified atom stereocenters. The number of esters is 1. The van der Waals surface area contributed by atoms with E-state index in [0.717, 1.165) is 11.1 Å². The minimum atomic E-state index is -3.90. The average molecular weight is 487 g/mol. The van der Waals surface area contributed by atoms with Crippen LogP contribution in [0.5, 0.6) is 5.75 Å². The van der Waals surface area contributed by atoms with Crippen LogP contribution in [0.3, 0.4) is 0 Å². The fourth-order valence-corrected chi connectivity index (χ4v) is 6.12. The molecule has 1 fully saturated rings. The first-order valence-electron chi connectivity index (χ1n) is 10.9. The van der Waals surface area contributed by atoms with E-state index >= 15 is 0 Å². The fourth-order valence-electron chi connectivity index (χ4n) is 4.26. The summed E-state index contributed by atoms with van der Waals surface area (Å²) in [6.07, 6.45) is 0.951. The molecule has 180 valence electrons. The van der Waals surface area contributed by atoms with E-state index in [0.29, 0.717) is 24.0 Å². The Morgan fingerprint density at radius 2 is 1.82 bits per heavy atom. The van der Waals surface area contributed by atoms with Crippen LogP contribution in [0, 0.1) is 11.8 Å². The van der Waals surface area contributed by atoms with Gasteiger partial charge in [0.05, 0.1) is 18.1 Å². The predicted molar refractivity (Wildman–Crippen MR) is 124 cm³/mol. The Morgan fingerprint density at radius 3 is 2.53 bits per heavy atom. The van der Waals surface area contributed by atoms with Crippen molar-refractivity contribution in [1.29, 1.82) is 0 Å². The van der Waals surface area contributed by atoms with Gasteiger partial charge in [-0.2, -0.15) is 8.99 Å². The van der Waals surface area contributed by atoms with E-state index in [-0.39, 0.29) is 28.0 Å². The molecule has 1 aliphatic heterocycles. The lowest BCUT2D eigenvalue weighted by atomic mass is 9.94. The second-order valence-corrected chi connectivity index (χ2v) is 10.5. The highest BCUT2D eigenvalue weighted by Crippen LogP contribution is 2.32. The van der Waals surface area contributed by atoms with E-state index in [1.54, 1.807) is 24.3 Å². The predicted octanol–water partition coefficient (Wildman–Crippen LogP) is 2.28. The molecule has 34 heavy (non-hydrogen) atoms. The lowest BCUT2D eigenvalue weighted by Crippen LogP contribution is -2.42. The Hall–Kier alpha value is -3.31.